The van der Waals surface area contributed by atoms with E-state index in [0.29, 0.717) is 31.6 Å². The lowest BCUT2D eigenvalue weighted by molar-refractivity contribution is -0.161. The van der Waals surface area contributed by atoms with Crippen molar-refractivity contribution >= 4 is 39.5 Å². The zero-order valence-corrected chi connectivity index (χ0v) is 66.9. The van der Waals surface area contributed by atoms with Crippen molar-refractivity contribution in [3.05, 3.63) is 24.3 Å². The predicted molar refractivity (Wildman–Crippen MR) is 409 cm³/mol. The average molecular weight is 1460 g/mol. The minimum atomic E-state index is -4.97. The lowest BCUT2D eigenvalue weighted by atomic mass is 10.0. The second-order valence-electron chi connectivity index (χ2n) is 29.9. The van der Waals surface area contributed by atoms with Gasteiger partial charge in [0.2, 0.25) is 0 Å². The van der Waals surface area contributed by atoms with Crippen molar-refractivity contribution in [3.8, 4) is 0 Å². The second kappa shape index (κ2) is 70.8. The maximum absolute atomic E-state index is 13.1. The van der Waals surface area contributed by atoms with Crippen LogP contribution in [-0.4, -0.2) is 96.7 Å². The van der Waals surface area contributed by atoms with Crippen LogP contribution in [0.5, 0.6) is 0 Å². The average Bonchev–Trinajstić information content (AvgIpc) is 0.939. The monoisotopic (exact) mass is 1460 g/mol. The molecular weight excluding hydrogens is 1310 g/mol. The molecule has 0 bridgehead atoms. The molecule has 0 heterocycles. The van der Waals surface area contributed by atoms with Crippen LogP contribution in [0.15, 0.2) is 24.3 Å². The van der Waals surface area contributed by atoms with Gasteiger partial charge in [0.25, 0.3) is 0 Å². The van der Waals surface area contributed by atoms with Gasteiger partial charge in [-0.25, -0.2) is 9.13 Å². The van der Waals surface area contributed by atoms with E-state index in [4.69, 9.17) is 37.0 Å². The molecule has 100 heavy (non-hydrogen) atoms. The first-order chi connectivity index (χ1) is 48.2. The van der Waals surface area contributed by atoms with Gasteiger partial charge in [-0.3, -0.25) is 37.3 Å². The molecule has 5 atom stereocenters. The summed E-state index contributed by atoms with van der Waals surface area (Å²) >= 11 is 0. The summed E-state index contributed by atoms with van der Waals surface area (Å²) in [6.45, 7) is 11.8. The van der Waals surface area contributed by atoms with Gasteiger partial charge in [0, 0.05) is 25.7 Å². The Morgan fingerprint density at radius 2 is 0.540 bits per heavy atom. The van der Waals surface area contributed by atoms with Crippen LogP contribution in [-0.2, 0) is 65.4 Å². The fraction of sp³-hybridized carbons (Fsp3) is 0.901. The number of esters is 4. The third-order valence-electron chi connectivity index (χ3n) is 18.3. The Morgan fingerprint density at radius 3 is 0.810 bits per heavy atom. The Labute approximate surface area is 612 Å². The molecule has 0 aliphatic heterocycles. The highest BCUT2D eigenvalue weighted by molar-refractivity contribution is 7.47. The number of phosphoric acid groups is 2. The molecule has 19 heteroatoms. The van der Waals surface area contributed by atoms with E-state index >= 15 is 0 Å². The van der Waals surface area contributed by atoms with Crippen LogP contribution in [0.2, 0.25) is 0 Å². The zero-order valence-electron chi connectivity index (χ0n) is 65.2. The number of ether oxygens (including phenoxy) is 4. The van der Waals surface area contributed by atoms with Crippen LogP contribution >= 0.6 is 15.6 Å². The van der Waals surface area contributed by atoms with E-state index in [1.165, 1.54) is 186 Å². The van der Waals surface area contributed by atoms with Crippen LogP contribution in [0.4, 0.5) is 0 Å². The first kappa shape index (κ1) is 97.5. The molecule has 3 N–H and O–H groups in total. The van der Waals surface area contributed by atoms with Crippen LogP contribution in [0.25, 0.3) is 0 Å². The van der Waals surface area contributed by atoms with Crippen molar-refractivity contribution in [2.24, 2.45) is 17.8 Å². The van der Waals surface area contributed by atoms with Crippen molar-refractivity contribution < 1.29 is 80.2 Å². The number of carbonyl (C=O) groups excluding carboxylic acids is 4. The molecule has 0 aromatic carbocycles. The first-order valence-corrected chi connectivity index (χ1v) is 44.2. The molecule has 0 rings (SSSR count). The third kappa shape index (κ3) is 73.8. The van der Waals surface area contributed by atoms with Gasteiger partial charge in [0.1, 0.15) is 19.3 Å². The normalized spacial score (nSPS) is 14.1. The first-order valence-electron chi connectivity index (χ1n) is 41.2. The van der Waals surface area contributed by atoms with Crippen LogP contribution < -0.4 is 0 Å². The van der Waals surface area contributed by atoms with E-state index in [9.17, 15) is 43.2 Å². The van der Waals surface area contributed by atoms with E-state index in [2.05, 4.69) is 72.8 Å². The molecule has 3 unspecified atom stereocenters. The molecule has 0 amide bonds. The van der Waals surface area contributed by atoms with Gasteiger partial charge in [0.15, 0.2) is 12.2 Å². The van der Waals surface area contributed by atoms with Gasteiger partial charge >= 0.3 is 39.5 Å². The van der Waals surface area contributed by atoms with Gasteiger partial charge in [-0.15, -0.1) is 0 Å². The minimum Gasteiger partial charge on any atom is -0.462 e. The Kier molecular flexibility index (Phi) is 69.1. The number of carbonyl (C=O) groups is 4. The van der Waals surface area contributed by atoms with E-state index in [1.54, 1.807) is 0 Å². The molecule has 0 radical (unpaired) electrons. The highest BCUT2D eigenvalue weighted by atomic mass is 31.2. The van der Waals surface area contributed by atoms with E-state index < -0.39 is 97.5 Å². The van der Waals surface area contributed by atoms with Gasteiger partial charge in [-0.05, 0) is 69.1 Å². The number of aliphatic hydroxyl groups excluding tert-OH is 1. The summed E-state index contributed by atoms with van der Waals surface area (Å²) in [5.74, 6) is 0.140. The van der Waals surface area contributed by atoms with Gasteiger partial charge < -0.3 is 33.8 Å². The SMILES string of the molecule is CCCCCC/C=C\C=C/CCCCCCCC(=O)O[C@H](COC(=O)CCCCCCCCCCCCCCCCCC(C)C)COP(=O)(O)OCC(O)COP(=O)(O)OC[C@@H](COC(=O)CCCCCCCCC(C)C)OC(=O)CCCCCCCCCCCCCCCCCC(C)C. The summed E-state index contributed by atoms with van der Waals surface area (Å²) in [6.07, 6.45) is 62.0. The molecule has 590 valence electrons. The number of hydrogen-bond donors (Lipinski definition) is 3. The Bertz CT molecular complexity index is 2030. The smallest absolute Gasteiger partial charge is 0.462 e. The molecule has 0 fully saturated rings. The molecule has 0 aromatic heterocycles. The van der Waals surface area contributed by atoms with Crippen molar-refractivity contribution in [1.82, 2.24) is 0 Å². The van der Waals surface area contributed by atoms with Gasteiger partial charge in [-0.2, -0.15) is 0 Å². The van der Waals surface area contributed by atoms with Crippen molar-refractivity contribution in [2.75, 3.05) is 39.6 Å². The summed E-state index contributed by atoms with van der Waals surface area (Å²) in [7, 11) is -9.93. The largest absolute Gasteiger partial charge is 0.472 e. The summed E-state index contributed by atoms with van der Waals surface area (Å²) in [6, 6.07) is 0. The Morgan fingerprint density at radius 1 is 0.310 bits per heavy atom. The van der Waals surface area contributed by atoms with E-state index in [1.807, 2.05) is 0 Å². The third-order valence-corrected chi connectivity index (χ3v) is 20.2. The summed E-state index contributed by atoms with van der Waals surface area (Å²) in [5.41, 5.74) is 0. The molecular formula is C81H154O17P2. The molecule has 0 aliphatic rings. The summed E-state index contributed by atoms with van der Waals surface area (Å²) < 4.78 is 68.6. The Balaban J connectivity index is 5.24. The second-order valence-corrected chi connectivity index (χ2v) is 32.8. The summed E-state index contributed by atoms with van der Waals surface area (Å²) in [5, 5.41) is 10.6. The molecule has 0 spiro atoms. The quantitative estimate of drug-likeness (QED) is 0.0169. The molecule has 0 aromatic rings. The molecule has 0 saturated carbocycles. The number of rotatable bonds is 77. The van der Waals surface area contributed by atoms with E-state index in [0.717, 1.165) is 121 Å². The van der Waals surface area contributed by atoms with E-state index in [-0.39, 0.29) is 25.7 Å². The van der Waals surface area contributed by atoms with Crippen LogP contribution in [0.1, 0.15) is 395 Å². The highest BCUT2D eigenvalue weighted by Gasteiger charge is 2.30. The lowest BCUT2D eigenvalue weighted by Gasteiger charge is -2.21. The van der Waals surface area contributed by atoms with Gasteiger partial charge in [-0.1, -0.05) is 342 Å². The number of aliphatic hydroxyl groups is 1. The highest BCUT2D eigenvalue weighted by Crippen LogP contribution is 2.45. The fourth-order valence-electron chi connectivity index (χ4n) is 11.9. The van der Waals surface area contributed by atoms with Gasteiger partial charge in [0.05, 0.1) is 26.4 Å². The molecule has 0 aliphatic carbocycles. The van der Waals surface area contributed by atoms with Crippen LogP contribution in [0.3, 0.4) is 0 Å². The summed E-state index contributed by atoms with van der Waals surface area (Å²) in [4.78, 5) is 72.9. The maximum Gasteiger partial charge on any atom is 0.472 e. The number of phosphoric ester groups is 2. The number of unbranched alkanes of at least 4 members (excludes halogenated alkanes) is 42. The minimum absolute atomic E-state index is 0.0851. The maximum atomic E-state index is 13.1. The number of hydrogen-bond acceptors (Lipinski definition) is 15. The van der Waals surface area contributed by atoms with Crippen LogP contribution in [0, 0.1) is 17.8 Å². The standard InChI is InChI=1S/C81H154O17P2/c1-8-9-10-11-12-13-14-15-18-26-31-36-41-50-57-64-80(85)97-76(68-91-78(83)62-55-48-40-35-30-25-21-16-19-23-28-33-38-45-52-59-72(2)3)70-95-99(87,88)93-66-75(82)67-94-100(89,90)96-71-77(69-92-79(84)63-56-49-44-43-47-54-61-74(6)7)98-81(86)65-58-51-42-37-32-27-22-17-20-24-29-34-39-46-53-60-73(4)5/h13-15,18,72-77,82H,8-12,16-17,19-71H2,1-7H3,(H,87,88)(H,89,90)/b14-13-,18-15-/t75?,76-,77-/m1/s1. The predicted octanol–water partition coefficient (Wildman–Crippen LogP) is 23.7. The van der Waals surface area contributed by atoms with Crippen molar-refractivity contribution in [1.29, 1.82) is 0 Å². The topological polar surface area (TPSA) is 237 Å². The number of allylic oxidation sites excluding steroid dienone is 4. The Hall–Kier alpha value is -2.46. The van der Waals surface area contributed by atoms with Crippen molar-refractivity contribution in [3.63, 3.8) is 0 Å². The fourth-order valence-corrected chi connectivity index (χ4v) is 13.5. The molecule has 0 saturated heterocycles. The molecule has 17 nitrogen and oxygen atoms in total. The zero-order chi connectivity index (χ0) is 73.7. The lowest BCUT2D eigenvalue weighted by Crippen LogP contribution is -2.30. The van der Waals surface area contributed by atoms with Crippen molar-refractivity contribution in [2.45, 2.75) is 414 Å².